The van der Waals surface area contributed by atoms with Crippen molar-refractivity contribution in [3.8, 4) is 0 Å². The number of aryl methyl sites for hydroxylation is 2. The van der Waals surface area contributed by atoms with E-state index in [0.717, 1.165) is 27.1 Å². The van der Waals surface area contributed by atoms with Crippen LogP contribution in [0.15, 0.2) is 35.9 Å². The Morgan fingerprint density at radius 1 is 1.09 bits per heavy atom. The van der Waals surface area contributed by atoms with E-state index in [0.29, 0.717) is 5.56 Å². The number of nitrogens with one attached hydrogen (secondary N) is 1. The predicted molar refractivity (Wildman–Crippen MR) is 89.6 cm³/mol. The summed E-state index contributed by atoms with van der Waals surface area (Å²) in [4.78, 5) is 10.6. The fraction of sp³-hybridized carbons (Fsp3) is 0.353. The first kappa shape index (κ1) is 30.7. The van der Waals surface area contributed by atoms with Crippen LogP contribution >= 0.6 is 0 Å². The quantitative estimate of drug-likeness (QED) is 0.326. The van der Waals surface area contributed by atoms with E-state index in [2.05, 4.69) is 32.2 Å². The number of halogens is 2. The van der Waals surface area contributed by atoms with Crippen molar-refractivity contribution < 1.29 is 55.5 Å². The molecule has 0 aliphatic heterocycles. The van der Waals surface area contributed by atoms with E-state index in [1.165, 1.54) is 5.57 Å². The standard InChI is InChI=1S/C9H11NO.C6H7.C2H7Si.2ClH.Hf/c1-6-3-7(2)5-8(4-6)9(10)11;1-6-4-2-3-5-6;1-3-2;;;/h3-5H,1-2H3,(H2,10,11);4-5H,2H2,1H3;3H,1-2H3;2*1H;/q;-1;;;;+4/p-3. The Labute approximate surface area is 174 Å². The van der Waals surface area contributed by atoms with Crippen molar-refractivity contribution >= 4 is 15.4 Å². The molecular weight excluding hydrogens is 512 g/mol. The van der Waals surface area contributed by atoms with Gasteiger partial charge in [-0.15, -0.1) is 13.3 Å². The molecular formula is C17H24Cl2HfNOSi. The number of rotatable bonds is 1. The van der Waals surface area contributed by atoms with Crippen LogP contribution in [0.4, 0.5) is 0 Å². The van der Waals surface area contributed by atoms with E-state index in [4.69, 9.17) is 5.73 Å². The molecule has 2 nitrogen and oxygen atoms in total. The number of carbonyl (C=O) groups is 1. The molecule has 1 radical (unpaired) electrons. The second-order valence-electron chi connectivity index (χ2n) is 4.78. The molecule has 0 saturated heterocycles. The van der Waals surface area contributed by atoms with Gasteiger partial charge in [-0.2, -0.15) is 6.08 Å². The molecule has 23 heavy (non-hydrogen) atoms. The van der Waals surface area contributed by atoms with Gasteiger partial charge in [-0.3, -0.25) is 6.08 Å². The Hall–Kier alpha value is -0.163. The van der Waals surface area contributed by atoms with Gasteiger partial charge in [0.1, 0.15) is 0 Å². The zero-order chi connectivity index (χ0) is 15.5. The summed E-state index contributed by atoms with van der Waals surface area (Å²) in [5.41, 5.74) is 10.7. The minimum absolute atomic E-state index is 0. The molecule has 0 saturated carbocycles. The summed E-state index contributed by atoms with van der Waals surface area (Å²) in [6.45, 7) is 10.3. The Bertz CT molecular complexity index is 482. The Kier molecular flexibility index (Phi) is 24.3. The van der Waals surface area contributed by atoms with Crippen molar-refractivity contribution in [1.82, 2.24) is 0 Å². The molecule has 0 unspecified atom stereocenters. The number of hydrogen-bond donors (Lipinski definition) is 0. The number of hydrogen-bond acceptors (Lipinski definition) is 1. The monoisotopic (exact) mass is 536 g/mol. The Morgan fingerprint density at radius 2 is 1.52 bits per heavy atom. The minimum atomic E-state index is -0.614. The van der Waals surface area contributed by atoms with Crippen LogP contribution in [0.3, 0.4) is 0 Å². The fourth-order valence-electron chi connectivity index (χ4n) is 1.60. The maximum Gasteiger partial charge on any atom is 4.00 e. The molecule has 1 N–H and O–H groups in total. The number of benzene rings is 1. The smallest absolute Gasteiger partial charge is 1.00 e. The molecule has 1 aliphatic rings. The van der Waals surface area contributed by atoms with Gasteiger partial charge in [-0.05, 0) is 19.4 Å². The van der Waals surface area contributed by atoms with Gasteiger partial charge in [0.05, 0.1) is 5.91 Å². The van der Waals surface area contributed by atoms with E-state index in [1.807, 2.05) is 26.0 Å². The van der Waals surface area contributed by atoms with E-state index in [9.17, 15) is 4.79 Å². The minimum Gasteiger partial charge on any atom is -1.00 e. The normalized spacial score (nSPS) is 10.2. The van der Waals surface area contributed by atoms with Gasteiger partial charge in [-0.1, -0.05) is 42.4 Å². The number of allylic oxidation sites excluding steroid dienone is 4. The van der Waals surface area contributed by atoms with Crippen molar-refractivity contribution in [2.75, 3.05) is 0 Å². The Morgan fingerprint density at radius 3 is 1.74 bits per heavy atom. The molecule has 0 heterocycles. The molecule has 125 valence electrons. The maximum absolute atomic E-state index is 10.6. The summed E-state index contributed by atoms with van der Waals surface area (Å²) in [7, 11) is 0.750. The summed E-state index contributed by atoms with van der Waals surface area (Å²) in [6, 6.07) is 5.43. The van der Waals surface area contributed by atoms with E-state index >= 15 is 0 Å². The van der Waals surface area contributed by atoms with Gasteiger partial charge in [0.25, 0.3) is 0 Å². The van der Waals surface area contributed by atoms with Crippen molar-refractivity contribution in [3.63, 3.8) is 0 Å². The first-order valence-electron chi connectivity index (χ1n) is 6.72. The van der Waals surface area contributed by atoms with E-state index in [1.54, 1.807) is 12.1 Å². The molecule has 0 aromatic heterocycles. The zero-order valence-electron chi connectivity index (χ0n) is 14.3. The zero-order valence-corrected chi connectivity index (χ0v) is 20.6. The van der Waals surface area contributed by atoms with Crippen molar-refractivity contribution in [2.45, 2.75) is 40.3 Å². The van der Waals surface area contributed by atoms with Crippen LogP contribution in [0.1, 0.15) is 34.8 Å². The molecule has 0 fully saturated rings. The van der Waals surface area contributed by atoms with E-state index in [-0.39, 0.29) is 50.7 Å². The van der Waals surface area contributed by atoms with Gasteiger partial charge < -0.3 is 35.3 Å². The summed E-state index contributed by atoms with van der Waals surface area (Å²) >= 11 is 0. The number of amides is 1. The second kappa shape index (κ2) is 18.2. The third-order valence-electron chi connectivity index (χ3n) is 2.36. The van der Waals surface area contributed by atoms with Crippen LogP contribution in [0.5, 0.6) is 0 Å². The van der Waals surface area contributed by atoms with Crippen LogP contribution in [-0.4, -0.2) is 15.4 Å². The SMILES string of the molecule is CC1=CC[C-]=C1.C[SiH]C.Cc1cc(C)cc(C([NH-])=O)c1.[Cl-].[Cl-].[Hf+4]. The van der Waals surface area contributed by atoms with Crippen LogP contribution in [0, 0.1) is 19.9 Å². The molecule has 0 spiro atoms. The largest absolute Gasteiger partial charge is 4.00 e. The second-order valence-corrected chi connectivity index (χ2v) is 5.94. The van der Waals surface area contributed by atoms with E-state index < -0.39 is 5.91 Å². The molecule has 2 rings (SSSR count). The predicted octanol–water partition coefficient (Wildman–Crippen LogP) is -1.28. The summed E-state index contributed by atoms with van der Waals surface area (Å²) < 4.78 is 0. The van der Waals surface area contributed by atoms with Crippen LogP contribution in [-0.2, 0) is 25.8 Å². The summed E-state index contributed by atoms with van der Waals surface area (Å²) in [5, 5.41) is 0. The average molecular weight is 536 g/mol. The fourth-order valence-corrected chi connectivity index (χ4v) is 1.60. The molecule has 0 atom stereocenters. The van der Waals surface area contributed by atoms with Crippen molar-refractivity contribution in [1.29, 1.82) is 0 Å². The van der Waals surface area contributed by atoms with Gasteiger partial charge >= 0.3 is 25.8 Å². The van der Waals surface area contributed by atoms with Crippen LogP contribution in [0.25, 0.3) is 5.73 Å². The molecule has 1 aliphatic carbocycles. The van der Waals surface area contributed by atoms with Crippen LogP contribution < -0.4 is 24.8 Å². The maximum atomic E-state index is 10.6. The summed E-state index contributed by atoms with van der Waals surface area (Å²) in [5.74, 6) is -0.614. The van der Waals surface area contributed by atoms with Gasteiger partial charge in [0, 0.05) is 9.52 Å². The Balaban J connectivity index is -0.000000130. The number of carbonyl (C=O) groups excluding carboxylic acids is 1. The third kappa shape index (κ3) is 16.5. The topological polar surface area (TPSA) is 40.9 Å². The van der Waals surface area contributed by atoms with Crippen molar-refractivity contribution in [3.05, 3.63) is 64.4 Å². The summed E-state index contributed by atoms with van der Waals surface area (Å²) in [6.07, 6.45) is 8.24. The van der Waals surface area contributed by atoms with Crippen LogP contribution in [0.2, 0.25) is 13.1 Å². The van der Waals surface area contributed by atoms with Gasteiger partial charge in [0.2, 0.25) is 0 Å². The molecule has 0 bridgehead atoms. The molecule has 6 heteroatoms. The first-order valence-corrected chi connectivity index (χ1v) is 9.03. The third-order valence-corrected chi connectivity index (χ3v) is 2.36. The molecule has 1 aromatic carbocycles. The average Bonchev–Trinajstić information content (AvgIpc) is 2.81. The first-order chi connectivity index (χ1) is 9.40. The van der Waals surface area contributed by atoms with Gasteiger partial charge in [-0.25, -0.2) is 11.6 Å². The van der Waals surface area contributed by atoms with Crippen molar-refractivity contribution in [2.24, 2.45) is 0 Å². The molecule has 1 amide bonds. The van der Waals surface area contributed by atoms with Gasteiger partial charge in [0.15, 0.2) is 0 Å². The molecule has 1 aromatic rings.